The molecular formula is C5H5FOS. The van der Waals surface area contributed by atoms with Crippen molar-refractivity contribution in [2.45, 2.75) is 0 Å². The Bertz CT molecular complexity index is 173. The summed E-state index contributed by atoms with van der Waals surface area (Å²) in [5.41, 5.74) is 0. The summed E-state index contributed by atoms with van der Waals surface area (Å²) in [5, 5.41) is 3.02. The highest BCUT2D eigenvalue weighted by Gasteiger charge is 1.98. The lowest BCUT2D eigenvalue weighted by Crippen LogP contribution is -1.80. The normalized spacial score (nSPS) is 9.25. The number of methoxy groups -OCH3 is 1. The van der Waals surface area contributed by atoms with Gasteiger partial charge >= 0.3 is 0 Å². The Labute approximate surface area is 50.7 Å². The average molecular weight is 132 g/mol. The summed E-state index contributed by atoms with van der Waals surface area (Å²) in [6.07, 6.45) is 0. The minimum Gasteiger partial charge on any atom is -0.493 e. The quantitative estimate of drug-likeness (QED) is 0.567. The van der Waals surface area contributed by atoms with Crippen LogP contribution in [-0.2, 0) is 0 Å². The molecular weight excluding hydrogens is 127 g/mol. The van der Waals surface area contributed by atoms with Crippen LogP contribution in [0.5, 0.6) is 5.75 Å². The van der Waals surface area contributed by atoms with Crippen molar-refractivity contribution in [1.82, 2.24) is 0 Å². The molecule has 0 aliphatic heterocycles. The van der Waals surface area contributed by atoms with E-state index in [1.165, 1.54) is 23.8 Å². The van der Waals surface area contributed by atoms with Gasteiger partial charge < -0.3 is 4.74 Å². The minimum atomic E-state index is -0.280. The molecule has 0 unspecified atom stereocenters. The number of thiophene rings is 1. The van der Waals surface area contributed by atoms with Crippen LogP contribution in [0.3, 0.4) is 0 Å². The van der Waals surface area contributed by atoms with E-state index in [0.717, 1.165) is 0 Å². The van der Waals surface area contributed by atoms with Gasteiger partial charge in [0.05, 0.1) is 7.11 Å². The van der Waals surface area contributed by atoms with Crippen molar-refractivity contribution < 1.29 is 9.13 Å². The second-order valence-electron chi connectivity index (χ2n) is 1.29. The van der Waals surface area contributed by atoms with Crippen molar-refractivity contribution in [3.05, 3.63) is 16.6 Å². The first-order chi connectivity index (χ1) is 3.84. The highest BCUT2D eigenvalue weighted by Crippen LogP contribution is 2.19. The maximum absolute atomic E-state index is 12.2. The zero-order valence-corrected chi connectivity index (χ0v) is 5.17. The molecule has 0 saturated carbocycles. The van der Waals surface area contributed by atoms with Gasteiger partial charge in [-0.1, -0.05) is 0 Å². The molecule has 0 N–H and O–H groups in total. The van der Waals surface area contributed by atoms with Crippen molar-refractivity contribution in [3.8, 4) is 5.75 Å². The van der Waals surface area contributed by atoms with E-state index in [-0.39, 0.29) is 5.82 Å². The van der Waals surface area contributed by atoms with Gasteiger partial charge in [0.1, 0.15) is 0 Å². The summed E-state index contributed by atoms with van der Waals surface area (Å²) in [4.78, 5) is 0. The first-order valence-electron chi connectivity index (χ1n) is 2.10. The van der Waals surface area contributed by atoms with Crippen LogP contribution in [0.15, 0.2) is 10.8 Å². The molecule has 0 fully saturated rings. The zero-order valence-electron chi connectivity index (χ0n) is 4.35. The highest BCUT2D eigenvalue weighted by atomic mass is 32.1. The first kappa shape index (κ1) is 5.56. The third-order valence-corrected chi connectivity index (χ3v) is 1.50. The fourth-order valence-corrected chi connectivity index (χ4v) is 1.05. The van der Waals surface area contributed by atoms with Crippen LogP contribution in [0.4, 0.5) is 4.39 Å². The van der Waals surface area contributed by atoms with Crippen LogP contribution < -0.4 is 4.74 Å². The Kier molecular flexibility index (Phi) is 1.48. The molecule has 0 radical (unpaired) electrons. The SMILES string of the molecule is COc1cscc1F. The fraction of sp³-hybridized carbons (Fsp3) is 0.200. The molecule has 0 atom stereocenters. The summed E-state index contributed by atoms with van der Waals surface area (Å²) < 4.78 is 16.9. The van der Waals surface area contributed by atoms with E-state index in [4.69, 9.17) is 0 Å². The maximum atomic E-state index is 12.2. The number of hydrogen-bond donors (Lipinski definition) is 0. The zero-order chi connectivity index (χ0) is 5.98. The van der Waals surface area contributed by atoms with Crippen LogP contribution in [0.25, 0.3) is 0 Å². The Morgan fingerprint density at radius 1 is 1.62 bits per heavy atom. The van der Waals surface area contributed by atoms with E-state index >= 15 is 0 Å². The van der Waals surface area contributed by atoms with E-state index in [9.17, 15) is 4.39 Å². The van der Waals surface area contributed by atoms with E-state index < -0.39 is 0 Å². The average Bonchev–Trinajstić information content (AvgIpc) is 2.14. The molecule has 1 heterocycles. The molecule has 0 bridgehead atoms. The topological polar surface area (TPSA) is 9.23 Å². The van der Waals surface area contributed by atoms with Crippen LogP contribution in [0.2, 0.25) is 0 Å². The number of hydrogen-bond acceptors (Lipinski definition) is 2. The summed E-state index contributed by atoms with van der Waals surface area (Å²) >= 11 is 1.29. The minimum absolute atomic E-state index is 0.280. The lowest BCUT2D eigenvalue weighted by Gasteiger charge is -1.89. The molecule has 3 heteroatoms. The predicted octanol–water partition coefficient (Wildman–Crippen LogP) is 1.90. The Balaban J connectivity index is 2.92. The standard InChI is InChI=1S/C5H5FOS/c1-7-5-3-8-2-4(5)6/h2-3H,1H3. The second-order valence-corrected chi connectivity index (χ2v) is 2.03. The van der Waals surface area contributed by atoms with Crippen LogP contribution in [-0.4, -0.2) is 7.11 Å². The van der Waals surface area contributed by atoms with Gasteiger partial charge in [0.15, 0.2) is 11.6 Å². The predicted molar refractivity (Wildman–Crippen MR) is 30.8 cm³/mol. The number of halogens is 1. The number of rotatable bonds is 1. The third-order valence-electron chi connectivity index (χ3n) is 0.802. The summed E-state index contributed by atoms with van der Waals surface area (Å²) in [6.45, 7) is 0. The third kappa shape index (κ3) is 0.816. The maximum Gasteiger partial charge on any atom is 0.175 e. The van der Waals surface area contributed by atoms with Crippen LogP contribution in [0.1, 0.15) is 0 Å². The molecule has 0 spiro atoms. The van der Waals surface area contributed by atoms with Gasteiger partial charge in [0.25, 0.3) is 0 Å². The molecule has 1 nitrogen and oxygen atoms in total. The van der Waals surface area contributed by atoms with Gasteiger partial charge in [-0.2, -0.15) is 0 Å². The van der Waals surface area contributed by atoms with Crippen molar-refractivity contribution >= 4 is 11.3 Å². The molecule has 0 aliphatic carbocycles. The summed E-state index contributed by atoms with van der Waals surface area (Å²) in [6, 6.07) is 0. The smallest absolute Gasteiger partial charge is 0.175 e. The Hall–Kier alpha value is -0.570. The van der Waals surface area contributed by atoms with Crippen molar-refractivity contribution in [2.75, 3.05) is 7.11 Å². The monoisotopic (exact) mass is 132 g/mol. The number of ether oxygens (including phenoxy) is 1. The molecule has 0 aliphatic rings. The van der Waals surface area contributed by atoms with Crippen LogP contribution >= 0.6 is 11.3 Å². The largest absolute Gasteiger partial charge is 0.493 e. The summed E-state index contributed by atoms with van der Waals surface area (Å²) in [5.74, 6) is 0.0486. The van der Waals surface area contributed by atoms with Gasteiger partial charge in [-0.05, 0) is 0 Å². The Morgan fingerprint density at radius 2 is 2.38 bits per heavy atom. The van der Waals surface area contributed by atoms with E-state index in [2.05, 4.69) is 4.74 Å². The highest BCUT2D eigenvalue weighted by molar-refractivity contribution is 7.08. The second kappa shape index (κ2) is 2.13. The van der Waals surface area contributed by atoms with E-state index in [0.29, 0.717) is 5.75 Å². The van der Waals surface area contributed by atoms with E-state index in [1.54, 1.807) is 5.38 Å². The van der Waals surface area contributed by atoms with Gasteiger partial charge in [-0.3, -0.25) is 0 Å². The van der Waals surface area contributed by atoms with Crippen molar-refractivity contribution in [3.63, 3.8) is 0 Å². The molecule has 0 amide bonds. The van der Waals surface area contributed by atoms with Crippen LogP contribution in [0, 0.1) is 5.82 Å². The first-order valence-corrected chi connectivity index (χ1v) is 3.04. The summed E-state index contributed by atoms with van der Waals surface area (Å²) in [7, 11) is 1.45. The van der Waals surface area contributed by atoms with E-state index in [1.807, 2.05) is 0 Å². The van der Waals surface area contributed by atoms with Gasteiger partial charge in [-0.25, -0.2) is 4.39 Å². The van der Waals surface area contributed by atoms with Gasteiger partial charge in [0, 0.05) is 10.8 Å². The molecule has 1 rings (SSSR count). The van der Waals surface area contributed by atoms with Gasteiger partial charge in [-0.15, -0.1) is 11.3 Å². The molecule has 1 aromatic rings. The fourth-order valence-electron chi connectivity index (χ4n) is 0.416. The molecule has 44 valence electrons. The molecule has 0 saturated heterocycles. The molecule has 8 heavy (non-hydrogen) atoms. The lowest BCUT2D eigenvalue weighted by molar-refractivity contribution is 0.390. The Morgan fingerprint density at radius 3 is 2.62 bits per heavy atom. The molecule has 1 aromatic heterocycles. The van der Waals surface area contributed by atoms with Crippen molar-refractivity contribution in [2.24, 2.45) is 0 Å². The van der Waals surface area contributed by atoms with Crippen molar-refractivity contribution in [1.29, 1.82) is 0 Å². The van der Waals surface area contributed by atoms with Gasteiger partial charge in [0.2, 0.25) is 0 Å². The lowest BCUT2D eigenvalue weighted by atomic mass is 10.6. The molecule has 0 aromatic carbocycles.